The molecule has 2 N–H and O–H groups in total. The van der Waals surface area contributed by atoms with Crippen molar-refractivity contribution in [3.8, 4) is 0 Å². The fourth-order valence-corrected chi connectivity index (χ4v) is 3.95. The van der Waals surface area contributed by atoms with Crippen molar-refractivity contribution in [2.75, 3.05) is 6.54 Å². The van der Waals surface area contributed by atoms with Gasteiger partial charge in [-0.2, -0.15) is 0 Å². The summed E-state index contributed by atoms with van der Waals surface area (Å²) in [5, 5.41) is 3.23. The number of sulfonamides is 1. The maximum absolute atomic E-state index is 13.5. The van der Waals surface area contributed by atoms with E-state index in [0.29, 0.717) is 0 Å². The molecule has 1 heterocycles. The highest BCUT2D eigenvalue weighted by atomic mass is 35.5. The summed E-state index contributed by atoms with van der Waals surface area (Å²) < 4.78 is 40.8. The van der Waals surface area contributed by atoms with Gasteiger partial charge in [0.15, 0.2) is 0 Å². The molecule has 1 aliphatic rings. The molecule has 2 atom stereocenters. The van der Waals surface area contributed by atoms with Gasteiger partial charge in [-0.05, 0) is 45.4 Å². The van der Waals surface area contributed by atoms with Gasteiger partial charge in [0.1, 0.15) is 5.82 Å². The Kier molecular flexibility index (Phi) is 5.94. The van der Waals surface area contributed by atoms with Crippen LogP contribution < -0.4 is 10.0 Å². The summed E-state index contributed by atoms with van der Waals surface area (Å²) in [5.74, 6) is -0.502. The molecule has 0 amide bonds. The molecule has 0 bridgehead atoms. The molecule has 1 aromatic rings. The third-order valence-electron chi connectivity index (χ3n) is 3.58. The molecule has 2 unspecified atom stereocenters. The van der Waals surface area contributed by atoms with Crippen molar-refractivity contribution in [1.29, 1.82) is 0 Å². The topological polar surface area (TPSA) is 58.2 Å². The van der Waals surface area contributed by atoms with Gasteiger partial charge in [-0.15, -0.1) is 12.4 Å². The van der Waals surface area contributed by atoms with Crippen molar-refractivity contribution >= 4 is 22.4 Å². The van der Waals surface area contributed by atoms with Crippen LogP contribution in [0.25, 0.3) is 0 Å². The standard InChI is InChI=1S/C13H19FN2O2S.ClH/c1-9-11(14)5-3-7-13(9)19(17,18)16-12-6-4-8-15-10(12)2;/h3,5,7,10,12,15-16H,4,6,8H2,1-2H3;1H. The minimum absolute atomic E-state index is 0. The predicted octanol–water partition coefficient (Wildman–Crippen LogP) is 1.97. The first kappa shape index (κ1) is 17.4. The normalized spacial score (nSPS) is 23.1. The smallest absolute Gasteiger partial charge is 0.241 e. The number of nitrogens with one attached hydrogen (secondary N) is 2. The third kappa shape index (κ3) is 3.69. The van der Waals surface area contributed by atoms with E-state index in [1.807, 2.05) is 6.92 Å². The molecule has 2 rings (SSSR count). The summed E-state index contributed by atoms with van der Waals surface area (Å²) in [7, 11) is -3.68. The van der Waals surface area contributed by atoms with Gasteiger partial charge in [0.25, 0.3) is 0 Å². The van der Waals surface area contributed by atoms with E-state index in [9.17, 15) is 12.8 Å². The summed E-state index contributed by atoms with van der Waals surface area (Å²) in [5.41, 5.74) is 0.159. The maximum Gasteiger partial charge on any atom is 0.241 e. The summed E-state index contributed by atoms with van der Waals surface area (Å²) in [6, 6.07) is 4.04. The van der Waals surface area contributed by atoms with Crippen molar-refractivity contribution in [2.24, 2.45) is 0 Å². The van der Waals surface area contributed by atoms with Crippen molar-refractivity contribution in [2.45, 2.75) is 43.7 Å². The SMILES string of the molecule is Cc1c(F)cccc1S(=O)(=O)NC1CCCNC1C.Cl. The van der Waals surface area contributed by atoms with Gasteiger partial charge in [0, 0.05) is 17.6 Å². The molecule has 4 nitrogen and oxygen atoms in total. The summed E-state index contributed by atoms with van der Waals surface area (Å²) in [6.45, 7) is 4.33. The van der Waals surface area contributed by atoms with Gasteiger partial charge in [0.05, 0.1) is 4.90 Å². The Hall–Kier alpha value is -0.690. The molecular formula is C13H20ClFN2O2S. The predicted molar refractivity (Wildman–Crippen MR) is 79.2 cm³/mol. The van der Waals surface area contributed by atoms with Gasteiger partial charge in [0.2, 0.25) is 10.0 Å². The number of rotatable bonds is 3. The van der Waals surface area contributed by atoms with Crippen molar-refractivity contribution in [1.82, 2.24) is 10.0 Å². The maximum atomic E-state index is 13.5. The van der Waals surface area contributed by atoms with Crippen molar-refractivity contribution < 1.29 is 12.8 Å². The second kappa shape index (κ2) is 6.85. The van der Waals surface area contributed by atoms with E-state index in [2.05, 4.69) is 10.0 Å². The van der Waals surface area contributed by atoms with Crippen LogP contribution in [0.5, 0.6) is 0 Å². The number of piperidine rings is 1. The number of hydrogen-bond donors (Lipinski definition) is 2. The number of halogens is 2. The molecule has 20 heavy (non-hydrogen) atoms. The molecule has 1 aromatic carbocycles. The second-order valence-corrected chi connectivity index (χ2v) is 6.66. The lowest BCUT2D eigenvalue weighted by Gasteiger charge is -2.30. The van der Waals surface area contributed by atoms with E-state index in [0.717, 1.165) is 19.4 Å². The van der Waals surface area contributed by atoms with Crippen LogP contribution in [0.3, 0.4) is 0 Å². The highest BCUT2D eigenvalue weighted by molar-refractivity contribution is 7.89. The average Bonchev–Trinajstić information content (AvgIpc) is 2.35. The molecule has 0 radical (unpaired) electrons. The van der Waals surface area contributed by atoms with Gasteiger partial charge >= 0.3 is 0 Å². The molecule has 7 heteroatoms. The van der Waals surface area contributed by atoms with Crippen molar-refractivity contribution in [3.05, 3.63) is 29.6 Å². The van der Waals surface area contributed by atoms with E-state index in [-0.39, 0.29) is 34.9 Å². The molecule has 0 aliphatic carbocycles. The van der Waals surface area contributed by atoms with Crippen LogP contribution in [0.2, 0.25) is 0 Å². The van der Waals surface area contributed by atoms with Crippen LogP contribution in [0.4, 0.5) is 4.39 Å². The lowest BCUT2D eigenvalue weighted by molar-refractivity contribution is 0.348. The largest absolute Gasteiger partial charge is 0.313 e. The van der Waals surface area contributed by atoms with Gasteiger partial charge < -0.3 is 5.32 Å². The summed E-state index contributed by atoms with van der Waals surface area (Å²) >= 11 is 0. The first-order chi connectivity index (χ1) is 8.92. The Morgan fingerprint density at radius 2 is 2.10 bits per heavy atom. The lowest BCUT2D eigenvalue weighted by atomic mass is 10.0. The Labute approximate surface area is 125 Å². The summed E-state index contributed by atoms with van der Waals surface area (Å²) in [4.78, 5) is 0.0188. The van der Waals surface area contributed by atoms with Gasteiger partial charge in [-0.1, -0.05) is 6.07 Å². The summed E-state index contributed by atoms with van der Waals surface area (Å²) in [6.07, 6.45) is 1.72. The molecule has 1 aliphatic heterocycles. The molecule has 0 saturated carbocycles. The fourth-order valence-electron chi connectivity index (χ4n) is 2.35. The van der Waals surface area contributed by atoms with E-state index in [1.54, 1.807) is 0 Å². The molecule has 1 fully saturated rings. The highest BCUT2D eigenvalue weighted by Crippen LogP contribution is 2.19. The van der Waals surface area contributed by atoms with Crippen LogP contribution in [0, 0.1) is 12.7 Å². The first-order valence-corrected chi connectivity index (χ1v) is 7.91. The third-order valence-corrected chi connectivity index (χ3v) is 5.21. The van der Waals surface area contributed by atoms with Crippen LogP contribution in [-0.2, 0) is 10.0 Å². The van der Waals surface area contributed by atoms with E-state index in [1.165, 1.54) is 25.1 Å². The molecule has 114 valence electrons. The van der Waals surface area contributed by atoms with Crippen LogP contribution in [-0.4, -0.2) is 27.0 Å². The lowest BCUT2D eigenvalue weighted by Crippen LogP contribution is -2.51. The number of hydrogen-bond acceptors (Lipinski definition) is 3. The number of benzene rings is 1. The minimum Gasteiger partial charge on any atom is -0.313 e. The van der Waals surface area contributed by atoms with E-state index < -0.39 is 15.8 Å². The van der Waals surface area contributed by atoms with Crippen LogP contribution >= 0.6 is 12.4 Å². The average molecular weight is 323 g/mol. The van der Waals surface area contributed by atoms with Crippen molar-refractivity contribution in [3.63, 3.8) is 0 Å². The quantitative estimate of drug-likeness (QED) is 0.894. The molecule has 1 saturated heterocycles. The van der Waals surface area contributed by atoms with Gasteiger partial charge in [-0.3, -0.25) is 0 Å². The van der Waals surface area contributed by atoms with E-state index >= 15 is 0 Å². The van der Waals surface area contributed by atoms with Crippen LogP contribution in [0.1, 0.15) is 25.3 Å². The first-order valence-electron chi connectivity index (χ1n) is 6.42. The molecular weight excluding hydrogens is 303 g/mol. The monoisotopic (exact) mass is 322 g/mol. The zero-order valence-corrected chi connectivity index (χ0v) is 13.2. The minimum atomic E-state index is -3.68. The molecule has 0 spiro atoms. The zero-order chi connectivity index (χ0) is 14.0. The van der Waals surface area contributed by atoms with E-state index in [4.69, 9.17) is 0 Å². The van der Waals surface area contributed by atoms with Crippen LogP contribution in [0.15, 0.2) is 23.1 Å². The Bertz CT molecular complexity index is 565. The highest BCUT2D eigenvalue weighted by Gasteiger charge is 2.27. The Morgan fingerprint density at radius 1 is 1.40 bits per heavy atom. The Morgan fingerprint density at radius 3 is 2.75 bits per heavy atom. The Balaban J connectivity index is 0.00000200. The molecule has 0 aromatic heterocycles. The fraction of sp³-hybridized carbons (Fsp3) is 0.538. The zero-order valence-electron chi connectivity index (χ0n) is 11.5. The second-order valence-electron chi connectivity index (χ2n) is 4.98. The van der Waals surface area contributed by atoms with Gasteiger partial charge in [-0.25, -0.2) is 17.5 Å².